The van der Waals surface area contributed by atoms with Crippen molar-refractivity contribution in [1.82, 2.24) is 0 Å². The number of allylic oxidation sites excluding steroid dienone is 2. The van der Waals surface area contributed by atoms with E-state index in [-0.39, 0.29) is 29.3 Å². The third-order valence-electron chi connectivity index (χ3n) is 4.89. The Morgan fingerprint density at radius 1 is 1.25 bits per heavy atom. The maximum atomic E-state index is 14.4. The molecule has 0 radical (unpaired) electrons. The van der Waals surface area contributed by atoms with Crippen molar-refractivity contribution in [3.05, 3.63) is 75.5 Å². The van der Waals surface area contributed by atoms with E-state index in [0.29, 0.717) is 5.69 Å². The molecule has 1 N–H and O–H groups in total. The number of anilines is 1. The minimum Gasteiger partial charge on any atom is -0.545 e. The molecule has 0 aromatic heterocycles. The molecule has 0 spiro atoms. The molecule has 4 rings (SSSR count). The molecule has 1 heterocycles. The fourth-order valence-electron chi connectivity index (χ4n) is 3.78. The van der Waals surface area contributed by atoms with Crippen LogP contribution in [0.5, 0.6) is 0 Å². The van der Waals surface area contributed by atoms with Crippen LogP contribution < -0.4 is 10.4 Å². The quantitative estimate of drug-likeness (QED) is 0.799. The number of nitrogens with one attached hydrogen (secondary N) is 1. The highest BCUT2D eigenvalue weighted by molar-refractivity contribution is 9.10. The zero-order chi connectivity index (χ0) is 16.8. The van der Waals surface area contributed by atoms with E-state index in [1.54, 1.807) is 12.1 Å². The van der Waals surface area contributed by atoms with Crippen LogP contribution in [0, 0.1) is 11.7 Å². The van der Waals surface area contributed by atoms with Crippen molar-refractivity contribution in [1.29, 1.82) is 0 Å². The van der Waals surface area contributed by atoms with Gasteiger partial charge in [0.2, 0.25) is 0 Å². The number of benzene rings is 2. The van der Waals surface area contributed by atoms with E-state index in [2.05, 4.69) is 33.4 Å². The molecule has 3 atom stereocenters. The van der Waals surface area contributed by atoms with E-state index >= 15 is 0 Å². The highest BCUT2D eigenvalue weighted by Crippen LogP contribution is 2.51. The van der Waals surface area contributed by atoms with E-state index < -0.39 is 5.97 Å². The second-order valence-corrected chi connectivity index (χ2v) is 7.15. The summed E-state index contributed by atoms with van der Waals surface area (Å²) in [5.74, 6) is -1.05. The van der Waals surface area contributed by atoms with Gasteiger partial charge in [-0.1, -0.05) is 52.3 Å². The van der Waals surface area contributed by atoms with Crippen LogP contribution in [0.4, 0.5) is 10.1 Å². The summed E-state index contributed by atoms with van der Waals surface area (Å²) < 4.78 is 15.2. The van der Waals surface area contributed by atoms with Gasteiger partial charge in [0, 0.05) is 10.4 Å². The molecular weight excluding hydrogens is 373 g/mol. The van der Waals surface area contributed by atoms with E-state index in [1.165, 1.54) is 18.2 Å². The maximum Gasteiger partial charge on any atom is 0.147 e. The van der Waals surface area contributed by atoms with Crippen LogP contribution in [0.2, 0.25) is 0 Å². The van der Waals surface area contributed by atoms with Gasteiger partial charge in [-0.25, -0.2) is 4.39 Å². The van der Waals surface area contributed by atoms with E-state index in [9.17, 15) is 14.3 Å². The van der Waals surface area contributed by atoms with Gasteiger partial charge < -0.3 is 15.2 Å². The number of hydrogen-bond acceptors (Lipinski definition) is 3. The third-order valence-corrected chi connectivity index (χ3v) is 5.35. The van der Waals surface area contributed by atoms with Gasteiger partial charge in [0.15, 0.2) is 0 Å². The summed E-state index contributed by atoms with van der Waals surface area (Å²) >= 11 is 3.37. The molecular formula is C19H14BrFNO2-. The summed E-state index contributed by atoms with van der Waals surface area (Å²) in [6, 6.07) is 9.99. The Hall–Kier alpha value is -2.14. The van der Waals surface area contributed by atoms with Gasteiger partial charge in [-0.15, -0.1) is 0 Å². The van der Waals surface area contributed by atoms with Crippen LogP contribution >= 0.6 is 15.9 Å². The monoisotopic (exact) mass is 386 g/mol. The van der Waals surface area contributed by atoms with Crippen molar-refractivity contribution in [2.75, 3.05) is 5.32 Å². The second kappa shape index (κ2) is 5.74. The Kier molecular flexibility index (Phi) is 3.68. The highest BCUT2D eigenvalue weighted by Gasteiger charge is 2.39. The van der Waals surface area contributed by atoms with Crippen LogP contribution in [-0.4, -0.2) is 5.97 Å². The molecule has 0 unspecified atom stereocenters. The molecule has 0 amide bonds. The number of fused-ring (bicyclic) bond motifs is 3. The zero-order valence-electron chi connectivity index (χ0n) is 12.6. The van der Waals surface area contributed by atoms with E-state index in [1.807, 2.05) is 6.07 Å². The molecule has 24 heavy (non-hydrogen) atoms. The standard InChI is InChI=1S/C19H15BrFNO2/c20-12-8-15-13-2-1-3-14(13)17(22-18(15)16(21)9-12)10-4-6-11(7-5-10)19(23)24/h1-2,4-9,13-14,17,22H,3H2,(H,23,24)/p-1/t13-,14-,17-/m0/s1. The largest absolute Gasteiger partial charge is 0.545 e. The number of hydrogen-bond donors (Lipinski definition) is 1. The molecule has 2 aliphatic rings. The number of carbonyl (C=O) groups is 1. The Labute approximate surface area is 147 Å². The second-order valence-electron chi connectivity index (χ2n) is 6.24. The van der Waals surface area contributed by atoms with Gasteiger partial charge in [0.05, 0.1) is 17.7 Å². The van der Waals surface area contributed by atoms with Crippen molar-refractivity contribution in [3.63, 3.8) is 0 Å². The summed E-state index contributed by atoms with van der Waals surface area (Å²) in [7, 11) is 0. The lowest BCUT2D eigenvalue weighted by Gasteiger charge is -2.37. The summed E-state index contributed by atoms with van der Waals surface area (Å²) in [6.45, 7) is 0. The van der Waals surface area contributed by atoms with E-state index in [4.69, 9.17) is 0 Å². The third kappa shape index (κ3) is 2.44. The van der Waals surface area contributed by atoms with Crippen molar-refractivity contribution in [2.24, 2.45) is 5.92 Å². The first-order valence-electron chi connectivity index (χ1n) is 7.78. The van der Waals surface area contributed by atoms with Gasteiger partial charge in [0.25, 0.3) is 0 Å². The Morgan fingerprint density at radius 2 is 2.00 bits per heavy atom. The minimum atomic E-state index is -1.19. The molecule has 0 saturated heterocycles. The van der Waals surface area contributed by atoms with Crippen LogP contribution in [0.1, 0.15) is 39.9 Å². The van der Waals surface area contributed by atoms with Gasteiger partial charge in [0.1, 0.15) is 5.82 Å². The van der Waals surface area contributed by atoms with Gasteiger partial charge in [-0.3, -0.25) is 0 Å². The summed E-state index contributed by atoms with van der Waals surface area (Å²) in [5, 5.41) is 14.3. The van der Waals surface area contributed by atoms with E-state index in [0.717, 1.165) is 22.0 Å². The SMILES string of the molecule is O=C([O-])c1ccc([C@@H]2Nc3c(F)cc(Br)cc3[C@H]3C=CC[C@@H]32)cc1. The van der Waals surface area contributed by atoms with Crippen molar-refractivity contribution < 1.29 is 14.3 Å². The molecule has 0 bridgehead atoms. The fourth-order valence-corrected chi connectivity index (χ4v) is 4.23. The molecule has 0 saturated carbocycles. The Balaban J connectivity index is 1.76. The fraction of sp³-hybridized carbons (Fsp3) is 0.211. The molecule has 122 valence electrons. The molecule has 1 aliphatic heterocycles. The number of halogens is 2. The summed E-state index contributed by atoms with van der Waals surface area (Å²) in [4.78, 5) is 10.9. The molecule has 5 heteroatoms. The average molecular weight is 387 g/mol. The number of aromatic carboxylic acids is 1. The molecule has 2 aromatic carbocycles. The van der Waals surface area contributed by atoms with Crippen LogP contribution in [0.15, 0.2) is 53.0 Å². The maximum absolute atomic E-state index is 14.4. The average Bonchev–Trinajstić information content (AvgIpc) is 3.04. The Morgan fingerprint density at radius 3 is 2.71 bits per heavy atom. The van der Waals surface area contributed by atoms with Gasteiger partial charge in [-0.2, -0.15) is 0 Å². The number of carboxylic acids is 1. The number of carbonyl (C=O) groups excluding carboxylic acids is 1. The molecule has 2 aromatic rings. The van der Waals surface area contributed by atoms with Gasteiger partial charge in [-0.05, 0) is 41.2 Å². The lowest BCUT2D eigenvalue weighted by atomic mass is 9.77. The zero-order valence-corrected chi connectivity index (χ0v) is 14.2. The van der Waals surface area contributed by atoms with Crippen LogP contribution in [0.3, 0.4) is 0 Å². The summed E-state index contributed by atoms with van der Waals surface area (Å²) in [5.41, 5.74) is 2.58. The lowest BCUT2D eigenvalue weighted by molar-refractivity contribution is -0.255. The summed E-state index contributed by atoms with van der Waals surface area (Å²) in [6.07, 6.45) is 5.17. The van der Waals surface area contributed by atoms with Crippen molar-refractivity contribution >= 4 is 27.6 Å². The molecule has 3 nitrogen and oxygen atoms in total. The Bertz CT molecular complexity index is 847. The predicted molar refractivity (Wildman–Crippen MR) is 91.2 cm³/mol. The number of carboxylic acid groups (broad SMARTS) is 1. The first-order chi connectivity index (χ1) is 11.5. The lowest BCUT2D eigenvalue weighted by Crippen LogP contribution is -2.30. The first kappa shape index (κ1) is 15.4. The molecule has 1 aliphatic carbocycles. The number of rotatable bonds is 2. The van der Waals surface area contributed by atoms with Gasteiger partial charge >= 0.3 is 0 Å². The normalized spacial score (nSPS) is 24.2. The minimum absolute atomic E-state index is 0.0658. The molecule has 0 fully saturated rings. The highest BCUT2D eigenvalue weighted by atomic mass is 79.9. The van der Waals surface area contributed by atoms with Crippen molar-refractivity contribution in [3.8, 4) is 0 Å². The predicted octanol–water partition coefficient (Wildman–Crippen LogP) is 3.78. The topological polar surface area (TPSA) is 52.2 Å². The first-order valence-corrected chi connectivity index (χ1v) is 8.57. The van der Waals surface area contributed by atoms with Crippen molar-refractivity contribution in [2.45, 2.75) is 18.4 Å². The van der Waals surface area contributed by atoms with Crippen LogP contribution in [-0.2, 0) is 0 Å². The van der Waals surface area contributed by atoms with Crippen LogP contribution in [0.25, 0.3) is 0 Å². The smallest absolute Gasteiger partial charge is 0.147 e.